The fourth-order valence-electron chi connectivity index (χ4n) is 4.28. The molecule has 1 heterocycles. The van der Waals surface area contributed by atoms with Gasteiger partial charge in [-0.3, -0.25) is 4.79 Å². The SMILES string of the molecule is C=C(c1ccc(F)cc1OC)c1c(N)ncnc1NC(C)c1ccccc1C(=O)/C(=C\O)c1cccc(F)c1. The number of aliphatic hydroxyl groups excluding tert-OH is 1. The number of halogens is 2. The summed E-state index contributed by atoms with van der Waals surface area (Å²) in [6, 6.07) is 15.8. The summed E-state index contributed by atoms with van der Waals surface area (Å²) in [4.78, 5) is 21.9. The highest BCUT2D eigenvalue weighted by atomic mass is 19.1. The molecule has 39 heavy (non-hydrogen) atoms. The Kier molecular flexibility index (Phi) is 8.00. The summed E-state index contributed by atoms with van der Waals surface area (Å²) in [7, 11) is 1.42. The summed E-state index contributed by atoms with van der Waals surface area (Å²) in [6.45, 7) is 5.95. The molecule has 7 nitrogen and oxygen atoms in total. The number of ketones is 1. The molecular formula is C30H26F2N4O3. The summed E-state index contributed by atoms with van der Waals surface area (Å²) >= 11 is 0. The number of carbonyl (C=O) groups excluding carboxylic acids is 1. The molecule has 4 aromatic rings. The molecule has 0 spiro atoms. The predicted molar refractivity (Wildman–Crippen MR) is 147 cm³/mol. The second kappa shape index (κ2) is 11.6. The third-order valence-electron chi connectivity index (χ3n) is 6.20. The van der Waals surface area contributed by atoms with Crippen LogP contribution in [0.3, 0.4) is 0 Å². The van der Waals surface area contributed by atoms with Crippen LogP contribution in [-0.4, -0.2) is 28.0 Å². The molecule has 4 N–H and O–H groups in total. The number of aromatic nitrogens is 2. The van der Waals surface area contributed by atoms with Gasteiger partial charge in [0, 0.05) is 17.2 Å². The van der Waals surface area contributed by atoms with Crippen molar-refractivity contribution in [2.45, 2.75) is 13.0 Å². The van der Waals surface area contributed by atoms with Crippen molar-refractivity contribution >= 4 is 28.6 Å². The van der Waals surface area contributed by atoms with Crippen molar-refractivity contribution in [3.05, 3.63) is 125 Å². The number of anilines is 2. The van der Waals surface area contributed by atoms with Gasteiger partial charge in [0.05, 0.1) is 30.6 Å². The highest BCUT2D eigenvalue weighted by Crippen LogP contribution is 2.37. The molecule has 0 aliphatic heterocycles. The van der Waals surface area contributed by atoms with Crippen molar-refractivity contribution in [3.8, 4) is 5.75 Å². The van der Waals surface area contributed by atoms with Crippen LogP contribution in [0.5, 0.6) is 5.75 Å². The van der Waals surface area contributed by atoms with Gasteiger partial charge in [0.15, 0.2) is 5.78 Å². The fraction of sp³-hybridized carbons (Fsp3) is 0.100. The molecule has 0 aliphatic carbocycles. The minimum Gasteiger partial charge on any atom is -0.515 e. The van der Waals surface area contributed by atoms with E-state index in [0.717, 1.165) is 0 Å². The molecule has 0 radical (unpaired) electrons. The van der Waals surface area contributed by atoms with Crippen LogP contribution < -0.4 is 15.8 Å². The van der Waals surface area contributed by atoms with Crippen LogP contribution in [0.2, 0.25) is 0 Å². The van der Waals surface area contributed by atoms with E-state index in [1.807, 2.05) is 6.92 Å². The van der Waals surface area contributed by atoms with E-state index in [1.165, 1.54) is 49.8 Å². The Hall–Kier alpha value is -5.05. The number of ether oxygens (including phenoxy) is 1. The first-order valence-electron chi connectivity index (χ1n) is 11.9. The average molecular weight is 529 g/mol. The number of nitrogens with two attached hydrogens (primary N) is 1. The van der Waals surface area contributed by atoms with Crippen LogP contribution in [0.15, 0.2) is 85.9 Å². The fourth-order valence-corrected chi connectivity index (χ4v) is 4.28. The van der Waals surface area contributed by atoms with E-state index in [-0.39, 0.29) is 22.7 Å². The number of hydrogen-bond donors (Lipinski definition) is 3. The average Bonchev–Trinajstić information content (AvgIpc) is 2.93. The molecule has 1 unspecified atom stereocenters. The maximum Gasteiger partial charge on any atom is 0.197 e. The third kappa shape index (κ3) is 5.62. The highest BCUT2D eigenvalue weighted by molar-refractivity contribution is 6.29. The molecule has 198 valence electrons. The van der Waals surface area contributed by atoms with E-state index < -0.39 is 23.5 Å². The van der Waals surface area contributed by atoms with Crippen LogP contribution in [0.25, 0.3) is 11.1 Å². The Bertz CT molecular complexity index is 1590. The second-order valence-electron chi connectivity index (χ2n) is 8.64. The molecule has 0 saturated carbocycles. The minimum absolute atomic E-state index is 0.0575. The Morgan fingerprint density at radius 3 is 2.51 bits per heavy atom. The number of methoxy groups -OCH3 is 1. The summed E-state index contributed by atoms with van der Waals surface area (Å²) in [6.07, 6.45) is 1.96. The summed E-state index contributed by atoms with van der Waals surface area (Å²) in [5.74, 6) is -0.763. The lowest BCUT2D eigenvalue weighted by molar-refractivity contribution is 0.105. The number of hydrogen-bond acceptors (Lipinski definition) is 7. The van der Waals surface area contributed by atoms with Gasteiger partial charge in [0.25, 0.3) is 0 Å². The lowest BCUT2D eigenvalue weighted by atomic mass is 9.92. The Morgan fingerprint density at radius 2 is 1.79 bits per heavy atom. The van der Waals surface area contributed by atoms with E-state index >= 15 is 0 Å². The number of carbonyl (C=O) groups is 1. The minimum atomic E-state index is -0.533. The van der Waals surface area contributed by atoms with Crippen molar-refractivity contribution in [3.63, 3.8) is 0 Å². The number of rotatable bonds is 9. The van der Waals surface area contributed by atoms with Crippen molar-refractivity contribution in [2.24, 2.45) is 0 Å². The van der Waals surface area contributed by atoms with Crippen LogP contribution >= 0.6 is 0 Å². The molecule has 4 rings (SSSR count). The molecule has 0 bridgehead atoms. The smallest absolute Gasteiger partial charge is 0.197 e. The van der Waals surface area contributed by atoms with Crippen molar-refractivity contribution in [2.75, 3.05) is 18.2 Å². The number of allylic oxidation sites excluding steroid dienone is 1. The first kappa shape index (κ1) is 27.0. The Labute approximate surface area is 224 Å². The van der Waals surface area contributed by atoms with Crippen molar-refractivity contribution < 1.29 is 23.4 Å². The molecule has 0 saturated heterocycles. The Morgan fingerprint density at radius 1 is 1.05 bits per heavy atom. The molecule has 0 aliphatic rings. The van der Waals surface area contributed by atoms with Gasteiger partial charge in [0.1, 0.15) is 35.3 Å². The third-order valence-corrected chi connectivity index (χ3v) is 6.20. The zero-order valence-electron chi connectivity index (χ0n) is 21.3. The van der Waals surface area contributed by atoms with E-state index in [4.69, 9.17) is 10.5 Å². The van der Waals surface area contributed by atoms with Crippen molar-refractivity contribution in [1.29, 1.82) is 0 Å². The first-order chi connectivity index (χ1) is 18.7. The lowest BCUT2D eigenvalue weighted by Gasteiger charge is -2.22. The van der Waals surface area contributed by atoms with E-state index in [1.54, 1.807) is 30.3 Å². The van der Waals surface area contributed by atoms with Crippen LogP contribution in [-0.2, 0) is 0 Å². The number of Topliss-reactive ketones (excluding diaryl/α,β-unsaturated/α-hetero) is 1. The van der Waals surface area contributed by atoms with E-state index in [9.17, 15) is 18.7 Å². The van der Waals surface area contributed by atoms with Gasteiger partial charge in [-0.25, -0.2) is 18.7 Å². The van der Waals surface area contributed by atoms with Crippen LogP contribution in [0.1, 0.15) is 45.6 Å². The van der Waals surface area contributed by atoms with E-state index in [2.05, 4.69) is 21.9 Å². The number of aliphatic hydroxyl groups is 1. The zero-order chi connectivity index (χ0) is 28.1. The highest BCUT2D eigenvalue weighted by Gasteiger charge is 2.23. The molecular weight excluding hydrogens is 502 g/mol. The number of nitrogen functional groups attached to an aromatic ring is 1. The summed E-state index contributed by atoms with van der Waals surface area (Å²) < 4.78 is 32.9. The van der Waals surface area contributed by atoms with Gasteiger partial charge < -0.3 is 20.9 Å². The van der Waals surface area contributed by atoms with E-state index in [0.29, 0.717) is 39.9 Å². The molecule has 1 atom stereocenters. The summed E-state index contributed by atoms with van der Waals surface area (Å²) in [5.41, 5.74) is 8.58. The number of nitrogens with zero attached hydrogens (tertiary/aromatic N) is 2. The lowest BCUT2D eigenvalue weighted by Crippen LogP contribution is -2.16. The Balaban J connectivity index is 1.70. The maximum absolute atomic E-state index is 13.8. The largest absolute Gasteiger partial charge is 0.515 e. The normalized spacial score (nSPS) is 12.1. The van der Waals surface area contributed by atoms with Gasteiger partial charge in [-0.1, -0.05) is 43.0 Å². The van der Waals surface area contributed by atoms with Crippen LogP contribution in [0, 0.1) is 11.6 Å². The molecule has 1 aromatic heterocycles. The first-order valence-corrected chi connectivity index (χ1v) is 11.9. The molecule has 0 amide bonds. The number of nitrogens with one attached hydrogen (secondary N) is 1. The number of benzene rings is 3. The summed E-state index contributed by atoms with van der Waals surface area (Å²) in [5, 5.41) is 13.1. The topological polar surface area (TPSA) is 110 Å². The van der Waals surface area contributed by atoms with Gasteiger partial charge in [-0.15, -0.1) is 0 Å². The standard InChI is InChI=1S/C30H26F2N4O3/c1-17(22-12-11-21(32)14-26(22)39-3)27-29(33)34-16-35-30(27)36-18(2)23-9-4-5-10-24(23)28(38)25(15-37)19-7-6-8-20(31)13-19/h4-16,18,37H,1H2,2-3H3,(H3,33,34,35,36)/b25-15-. The van der Waals surface area contributed by atoms with Gasteiger partial charge >= 0.3 is 0 Å². The molecule has 0 fully saturated rings. The van der Waals surface area contributed by atoms with Gasteiger partial charge in [0.2, 0.25) is 0 Å². The predicted octanol–water partition coefficient (Wildman–Crippen LogP) is 6.36. The van der Waals surface area contributed by atoms with Crippen LogP contribution in [0.4, 0.5) is 20.4 Å². The maximum atomic E-state index is 13.8. The zero-order valence-corrected chi connectivity index (χ0v) is 21.3. The van der Waals surface area contributed by atoms with Gasteiger partial charge in [-0.05, 0) is 47.9 Å². The second-order valence-corrected chi connectivity index (χ2v) is 8.64. The quantitative estimate of drug-likeness (QED) is 0.132. The van der Waals surface area contributed by atoms with Gasteiger partial charge in [-0.2, -0.15) is 0 Å². The molecule has 3 aromatic carbocycles. The van der Waals surface area contributed by atoms with Crippen molar-refractivity contribution in [1.82, 2.24) is 9.97 Å². The molecule has 9 heteroatoms. The monoisotopic (exact) mass is 528 g/mol.